The van der Waals surface area contributed by atoms with Crippen LogP contribution in [0.2, 0.25) is 0 Å². The Labute approximate surface area is 130 Å². The number of nitrogens with one attached hydrogen (secondary N) is 1. The van der Waals surface area contributed by atoms with Gasteiger partial charge >= 0.3 is 5.97 Å². The molecule has 1 aromatic carbocycles. The smallest absolute Gasteiger partial charge is 0.310 e. The first-order valence-electron chi connectivity index (χ1n) is 7.50. The molecule has 1 fully saturated rings. The Morgan fingerprint density at radius 2 is 1.59 bits per heavy atom. The van der Waals surface area contributed by atoms with E-state index in [1.807, 2.05) is 32.9 Å². The van der Waals surface area contributed by atoms with Crippen molar-refractivity contribution in [1.82, 2.24) is 0 Å². The molecule has 2 bridgehead atoms. The molecule has 2 aliphatic rings. The van der Waals surface area contributed by atoms with E-state index in [9.17, 15) is 14.7 Å². The molecule has 0 aliphatic carbocycles. The summed E-state index contributed by atoms with van der Waals surface area (Å²) in [5.74, 6) is -2.79. The Kier molecular flexibility index (Phi) is 4.98. The number of carboxylic acid groups (broad SMARTS) is 1. The highest BCUT2D eigenvalue weighted by Crippen LogP contribution is 2.39. The van der Waals surface area contributed by atoms with Gasteiger partial charge in [0, 0.05) is 5.69 Å². The van der Waals surface area contributed by atoms with Crippen molar-refractivity contribution >= 4 is 17.6 Å². The van der Waals surface area contributed by atoms with E-state index in [2.05, 4.69) is 5.32 Å². The monoisotopic (exact) mass is 303 g/mol. The van der Waals surface area contributed by atoms with Crippen molar-refractivity contribution in [3.8, 4) is 0 Å². The van der Waals surface area contributed by atoms with Crippen LogP contribution in [0.1, 0.15) is 19.4 Å². The van der Waals surface area contributed by atoms with Crippen LogP contribution in [0.15, 0.2) is 36.4 Å². The van der Waals surface area contributed by atoms with Gasteiger partial charge in [-0.25, -0.2) is 0 Å². The number of benzene rings is 1. The summed E-state index contributed by atoms with van der Waals surface area (Å²) in [7, 11) is 0. The van der Waals surface area contributed by atoms with Gasteiger partial charge in [-0.3, -0.25) is 9.59 Å². The molecule has 3 rings (SSSR count). The summed E-state index contributed by atoms with van der Waals surface area (Å²) in [6.45, 7) is 5.96. The van der Waals surface area contributed by atoms with E-state index in [0.717, 1.165) is 5.56 Å². The first-order chi connectivity index (χ1) is 10.6. The number of fused-ring (bicyclic) bond motifs is 2. The van der Waals surface area contributed by atoms with Crippen molar-refractivity contribution in [3.05, 3.63) is 42.0 Å². The van der Waals surface area contributed by atoms with E-state index in [0.29, 0.717) is 5.69 Å². The second-order valence-electron chi connectivity index (χ2n) is 5.20. The highest BCUT2D eigenvalue weighted by atomic mass is 16.5. The topological polar surface area (TPSA) is 75.6 Å². The number of aliphatic carboxylic acids is 1. The van der Waals surface area contributed by atoms with Gasteiger partial charge in [0.2, 0.25) is 5.91 Å². The van der Waals surface area contributed by atoms with Crippen molar-refractivity contribution in [3.63, 3.8) is 0 Å². The van der Waals surface area contributed by atoms with Crippen molar-refractivity contribution in [2.45, 2.75) is 33.0 Å². The Hall–Kier alpha value is -2.14. The number of anilines is 1. The van der Waals surface area contributed by atoms with E-state index in [1.165, 1.54) is 0 Å². The Balaban J connectivity index is 0.000000847. The van der Waals surface area contributed by atoms with E-state index in [1.54, 1.807) is 24.3 Å². The van der Waals surface area contributed by atoms with Crippen LogP contribution < -0.4 is 5.32 Å². The van der Waals surface area contributed by atoms with E-state index < -0.39 is 30.0 Å². The van der Waals surface area contributed by atoms with Gasteiger partial charge in [-0.15, -0.1) is 0 Å². The van der Waals surface area contributed by atoms with Crippen molar-refractivity contribution < 1.29 is 19.4 Å². The summed E-state index contributed by atoms with van der Waals surface area (Å²) >= 11 is 0. The predicted octanol–water partition coefficient (Wildman–Crippen LogP) is 2.61. The van der Waals surface area contributed by atoms with E-state index in [4.69, 9.17) is 4.74 Å². The second kappa shape index (κ2) is 6.75. The number of amides is 1. The molecular weight excluding hydrogens is 282 g/mol. The van der Waals surface area contributed by atoms with Crippen LogP contribution >= 0.6 is 0 Å². The Morgan fingerprint density at radius 1 is 1.05 bits per heavy atom. The van der Waals surface area contributed by atoms with Crippen LogP contribution in [0.4, 0.5) is 5.69 Å². The second-order valence-corrected chi connectivity index (χ2v) is 5.20. The number of hydrogen-bond acceptors (Lipinski definition) is 3. The first kappa shape index (κ1) is 16.2. The number of aryl methyl sites for hydroxylation is 1. The number of hydrogen-bond donors (Lipinski definition) is 2. The maximum atomic E-state index is 12.3. The lowest BCUT2D eigenvalue weighted by Gasteiger charge is -2.21. The number of carbonyl (C=O) groups excluding carboxylic acids is 1. The molecule has 0 spiro atoms. The molecule has 22 heavy (non-hydrogen) atoms. The van der Waals surface area contributed by atoms with Gasteiger partial charge in [-0.1, -0.05) is 43.7 Å². The van der Waals surface area contributed by atoms with Crippen LogP contribution in [0.5, 0.6) is 0 Å². The van der Waals surface area contributed by atoms with Crippen LogP contribution in [0.25, 0.3) is 0 Å². The molecule has 118 valence electrons. The molecule has 5 heteroatoms. The van der Waals surface area contributed by atoms with Crippen LogP contribution in [-0.2, 0) is 14.3 Å². The molecule has 1 amide bonds. The summed E-state index contributed by atoms with van der Waals surface area (Å²) in [5, 5.41) is 12.0. The fourth-order valence-electron chi connectivity index (χ4n) is 2.78. The third-order valence-electron chi connectivity index (χ3n) is 3.81. The molecule has 0 radical (unpaired) electrons. The van der Waals surface area contributed by atoms with Crippen LogP contribution in [0.3, 0.4) is 0 Å². The van der Waals surface area contributed by atoms with Gasteiger partial charge in [-0.05, 0) is 19.1 Å². The molecule has 1 saturated heterocycles. The standard InChI is InChI=1S/C15H15NO4.C2H6/c1-8-2-4-9(5-3-8)16-14(17)12-10-6-7-11(20-10)13(12)15(18)19;1-2/h2-7,10-13H,1H3,(H,16,17)(H,18,19);1-2H3. The summed E-state index contributed by atoms with van der Waals surface area (Å²) in [6, 6.07) is 7.38. The fraction of sp³-hybridized carbons (Fsp3) is 0.412. The lowest BCUT2D eigenvalue weighted by atomic mass is 9.82. The van der Waals surface area contributed by atoms with Crippen LogP contribution in [0, 0.1) is 18.8 Å². The lowest BCUT2D eigenvalue weighted by Crippen LogP contribution is -2.39. The Bertz CT molecular complexity index is 579. The molecule has 2 aliphatic heterocycles. The maximum Gasteiger partial charge on any atom is 0.310 e. The molecule has 2 heterocycles. The molecule has 5 nitrogen and oxygen atoms in total. The summed E-state index contributed by atoms with van der Waals surface area (Å²) in [5.41, 5.74) is 1.76. The lowest BCUT2D eigenvalue weighted by molar-refractivity contribution is -0.145. The third-order valence-corrected chi connectivity index (χ3v) is 3.81. The molecule has 0 aromatic heterocycles. The number of ether oxygens (including phenoxy) is 1. The zero-order valence-electron chi connectivity index (χ0n) is 12.9. The summed E-state index contributed by atoms with van der Waals surface area (Å²) in [4.78, 5) is 23.6. The SMILES string of the molecule is CC.Cc1ccc(NC(=O)C2C3C=CC(O3)C2C(=O)O)cc1. The van der Waals surface area contributed by atoms with Crippen molar-refractivity contribution in [1.29, 1.82) is 0 Å². The van der Waals surface area contributed by atoms with Gasteiger partial charge < -0.3 is 15.2 Å². The van der Waals surface area contributed by atoms with Gasteiger partial charge in [0.05, 0.1) is 18.1 Å². The van der Waals surface area contributed by atoms with Gasteiger partial charge in [0.1, 0.15) is 5.92 Å². The maximum absolute atomic E-state index is 12.3. The van der Waals surface area contributed by atoms with Gasteiger partial charge in [0.15, 0.2) is 0 Å². The van der Waals surface area contributed by atoms with E-state index >= 15 is 0 Å². The average Bonchev–Trinajstić information content (AvgIpc) is 3.12. The molecule has 0 saturated carbocycles. The minimum absolute atomic E-state index is 0.307. The minimum atomic E-state index is -0.995. The fourth-order valence-corrected chi connectivity index (χ4v) is 2.78. The number of carbonyl (C=O) groups is 2. The number of rotatable bonds is 3. The highest BCUT2D eigenvalue weighted by Gasteiger charge is 2.53. The third kappa shape index (κ3) is 3.04. The zero-order chi connectivity index (χ0) is 16.3. The minimum Gasteiger partial charge on any atom is -0.481 e. The highest BCUT2D eigenvalue weighted by molar-refractivity contribution is 5.96. The zero-order valence-corrected chi connectivity index (χ0v) is 12.9. The molecule has 4 atom stereocenters. The molecule has 4 unspecified atom stereocenters. The Morgan fingerprint density at radius 3 is 2.14 bits per heavy atom. The summed E-state index contributed by atoms with van der Waals surface area (Å²) in [6.07, 6.45) is 2.56. The predicted molar refractivity (Wildman–Crippen MR) is 83.6 cm³/mol. The molecular formula is C17H21NO4. The normalized spacial score (nSPS) is 28.0. The van der Waals surface area contributed by atoms with Crippen LogP contribution in [-0.4, -0.2) is 29.2 Å². The van der Waals surface area contributed by atoms with Crippen molar-refractivity contribution in [2.24, 2.45) is 11.8 Å². The van der Waals surface area contributed by atoms with E-state index in [-0.39, 0.29) is 5.91 Å². The average molecular weight is 303 g/mol. The van der Waals surface area contributed by atoms with Gasteiger partial charge in [0.25, 0.3) is 0 Å². The first-order valence-corrected chi connectivity index (χ1v) is 7.50. The quantitative estimate of drug-likeness (QED) is 0.842. The van der Waals surface area contributed by atoms with Gasteiger partial charge in [-0.2, -0.15) is 0 Å². The molecule has 2 N–H and O–H groups in total. The largest absolute Gasteiger partial charge is 0.481 e. The molecule has 1 aromatic rings. The van der Waals surface area contributed by atoms with Crippen molar-refractivity contribution in [2.75, 3.05) is 5.32 Å². The summed E-state index contributed by atoms with van der Waals surface area (Å²) < 4.78 is 5.48. The number of carboxylic acids is 1.